The fourth-order valence-electron chi connectivity index (χ4n) is 2.88. The van der Waals surface area contributed by atoms with Gasteiger partial charge in [0, 0.05) is 36.3 Å². The minimum atomic E-state index is 0.187. The quantitative estimate of drug-likeness (QED) is 0.906. The summed E-state index contributed by atoms with van der Waals surface area (Å²) in [5.74, 6) is 1.32. The summed E-state index contributed by atoms with van der Waals surface area (Å²) in [6, 6.07) is 3.43. The van der Waals surface area contributed by atoms with Gasteiger partial charge in [0.15, 0.2) is 11.5 Å². The lowest BCUT2D eigenvalue weighted by Gasteiger charge is -2.22. The van der Waals surface area contributed by atoms with Crippen LogP contribution in [0.5, 0.6) is 11.5 Å². The molecule has 1 aromatic carbocycles. The van der Waals surface area contributed by atoms with Gasteiger partial charge in [0.25, 0.3) is 0 Å². The molecule has 0 spiro atoms. The van der Waals surface area contributed by atoms with E-state index in [1.165, 1.54) is 20.1 Å². The molecular weight excluding hydrogens is 276 g/mol. The minimum Gasteiger partial charge on any atom is -0.504 e. The van der Waals surface area contributed by atoms with Crippen LogP contribution in [0.4, 0.5) is 0 Å². The van der Waals surface area contributed by atoms with Crippen LogP contribution >= 0.6 is 11.6 Å². The molecule has 1 aliphatic heterocycles. The fraction of sp³-hybridized carbons (Fsp3) is 0.600. The van der Waals surface area contributed by atoms with Crippen molar-refractivity contribution < 1.29 is 9.84 Å². The largest absolute Gasteiger partial charge is 0.504 e. The number of rotatable bonds is 5. The first-order chi connectivity index (χ1) is 9.49. The summed E-state index contributed by atoms with van der Waals surface area (Å²) in [6.45, 7) is 4.02. The third-order valence-electron chi connectivity index (χ3n) is 3.84. The molecule has 0 amide bonds. The van der Waals surface area contributed by atoms with Gasteiger partial charge in [-0.25, -0.2) is 0 Å². The lowest BCUT2D eigenvalue weighted by atomic mass is 10.1. The number of nitrogens with zero attached hydrogens (tertiary/aromatic N) is 2. The van der Waals surface area contributed by atoms with Crippen molar-refractivity contribution in [3.63, 3.8) is 0 Å². The summed E-state index contributed by atoms with van der Waals surface area (Å²) in [5.41, 5.74) is 0.809. The normalized spacial score (nSPS) is 19.8. The second kappa shape index (κ2) is 6.66. The number of halogens is 1. The number of phenolic OH excluding ortho intramolecular Hbond substituents is 1. The Labute approximate surface area is 125 Å². The van der Waals surface area contributed by atoms with Gasteiger partial charge in [0.05, 0.1) is 7.11 Å². The Morgan fingerprint density at radius 1 is 1.50 bits per heavy atom. The van der Waals surface area contributed by atoms with Crippen LogP contribution in [-0.2, 0) is 6.54 Å². The molecular formula is C15H23ClN2O2. The van der Waals surface area contributed by atoms with Gasteiger partial charge in [-0.2, -0.15) is 0 Å². The van der Waals surface area contributed by atoms with Crippen LogP contribution in [0.1, 0.15) is 12.0 Å². The zero-order valence-electron chi connectivity index (χ0n) is 12.4. The van der Waals surface area contributed by atoms with Crippen LogP contribution in [0.15, 0.2) is 12.1 Å². The number of hydrogen-bond donors (Lipinski definition) is 1. The molecule has 1 N–H and O–H groups in total. The van der Waals surface area contributed by atoms with E-state index in [0.29, 0.717) is 23.2 Å². The molecule has 2 rings (SSSR count). The molecule has 1 saturated heterocycles. The molecule has 1 heterocycles. The van der Waals surface area contributed by atoms with Crippen molar-refractivity contribution in [3.8, 4) is 11.5 Å². The highest BCUT2D eigenvalue weighted by molar-refractivity contribution is 6.30. The molecule has 1 aliphatic rings. The van der Waals surface area contributed by atoms with Gasteiger partial charge in [-0.15, -0.1) is 0 Å². The molecule has 0 radical (unpaired) electrons. The van der Waals surface area contributed by atoms with E-state index < -0.39 is 0 Å². The lowest BCUT2D eigenvalue weighted by molar-refractivity contribution is 0.263. The van der Waals surface area contributed by atoms with E-state index in [0.717, 1.165) is 18.7 Å². The highest BCUT2D eigenvalue weighted by Crippen LogP contribution is 2.34. The van der Waals surface area contributed by atoms with Crippen molar-refractivity contribution in [2.24, 2.45) is 5.92 Å². The van der Waals surface area contributed by atoms with E-state index in [1.54, 1.807) is 12.1 Å². The number of phenols is 1. The minimum absolute atomic E-state index is 0.187. The van der Waals surface area contributed by atoms with Gasteiger partial charge in [0.1, 0.15) is 0 Å². The summed E-state index contributed by atoms with van der Waals surface area (Å²) in [7, 11) is 5.77. The summed E-state index contributed by atoms with van der Waals surface area (Å²) < 4.78 is 5.14. The number of benzene rings is 1. The summed E-state index contributed by atoms with van der Waals surface area (Å²) in [5, 5.41) is 10.7. The summed E-state index contributed by atoms with van der Waals surface area (Å²) >= 11 is 6.06. The average Bonchev–Trinajstić information content (AvgIpc) is 2.78. The SMILES string of the molecule is COc1cc(Cl)cc(CN(C)CC2CCN(C)C2)c1O. The molecule has 0 aromatic heterocycles. The predicted molar refractivity (Wildman–Crippen MR) is 81.6 cm³/mol. The Hall–Kier alpha value is -0.970. The van der Waals surface area contributed by atoms with E-state index in [1.807, 2.05) is 0 Å². The number of hydrogen-bond acceptors (Lipinski definition) is 4. The van der Waals surface area contributed by atoms with Crippen molar-refractivity contribution in [2.45, 2.75) is 13.0 Å². The van der Waals surface area contributed by atoms with Gasteiger partial charge in [-0.05, 0) is 39.0 Å². The molecule has 4 nitrogen and oxygen atoms in total. The smallest absolute Gasteiger partial charge is 0.162 e. The van der Waals surface area contributed by atoms with E-state index in [2.05, 4.69) is 23.9 Å². The number of methoxy groups -OCH3 is 1. The Morgan fingerprint density at radius 3 is 2.85 bits per heavy atom. The van der Waals surface area contributed by atoms with E-state index in [4.69, 9.17) is 16.3 Å². The van der Waals surface area contributed by atoms with E-state index in [-0.39, 0.29) is 5.75 Å². The number of likely N-dealkylation sites (tertiary alicyclic amines) is 1. The molecule has 1 aromatic rings. The van der Waals surface area contributed by atoms with E-state index in [9.17, 15) is 5.11 Å². The van der Waals surface area contributed by atoms with Crippen molar-refractivity contribution in [1.82, 2.24) is 9.80 Å². The maximum Gasteiger partial charge on any atom is 0.162 e. The molecule has 1 unspecified atom stereocenters. The average molecular weight is 299 g/mol. The summed E-state index contributed by atoms with van der Waals surface area (Å²) in [6.07, 6.45) is 1.24. The van der Waals surface area contributed by atoms with E-state index >= 15 is 0 Å². The molecule has 0 bridgehead atoms. The second-order valence-electron chi connectivity index (χ2n) is 5.73. The lowest BCUT2D eigenvalue weighted by Crippen LogP contribution is -2.27. The van der Waals surface area contributed by atoms with Crippen LogP contribution in [0.2, 0.25) is 5.02 Å². The molecule has 0 aliphatic carbocycles. The van der Waals surface area contributed by atoms with Crippen LogP contribution < -0.4 is 4.74 Å². The predicted octanol–water partition coefficient (Wildman–Crippen LogP) is 2.44. The molecule has 5 heteroatoms. The number of ether oxygens (including phenoxy) is 1. The molecule has 1 atom stereocenters. The highest BCUT2D eigenvalue weighted by atomic mass is 35.5. The third kappa shape index (κ3) is 3.78. The Balaban J connectivity index is 2.00. The monoisotopic (exact) mass is 298 g/mol. The zero-order valence-corrected chi connectivity index (χ0v) is 13.2. The second-order valence-corrected chi connectivity index (χ2v) is 6.17. The van der Waals surface area contributed by atoms with Crippen molar-refractivity contribution in [3.05, 3.63) is 22.7 Å². The highest BCUT2D eigenvalue weighted by Gasteiger charge is 2.21. The fourth-order valence-corrected chi connectivity index (χ4v) is 3.11. The van der Waals surface area contributed by atoms with Gasteiger partial charge in [-0.3, -0.25) is 0 Å². The standard InChI is InChI=1S/C15H23ClN2O2/c1-17-5-4-11(8-17)9-18(2)10-12-6-13(16)7-14(20-3)15(12)19/h6-7,11,19H,4-5,8-10H2,1-3H3. The number of aromatic hydroxyl groups is 1. The topological polar surface area (TPSA) is 35.9 Å². The first-order valence-electron chi connectivity index (χ1n) is 6.92. The zero-order chi connectivity index (χ0) is 14.7. The van der Waals surface area contributed by atoms with Gasteiger partial charge < -0.3 is 19.6 Å². The van der Waals surface area contributed by atoms with Gasteiger partial charge in [0.2, 0.25) is 0 Å². The van der Waals surface area contributed by atoms with Crippen molar-refractivity contribution in [2.75, 3.05) is 40.8 Å². The maximum absolute atomic E-state index is 10.1. The first-order valence-corrected chi connectivity index (χ1v) is 7.30. The van der Waals surface area contributed by atoms with Gasteiger partial charge in [-0.1, -0.05) is 11.6 Å². The molecule has 1 fully saturated rings. The first kappa shape index (κ1) is 15.4. The van der Waals surface area contributed by atoms with Crippen LogP contribution in [0.3, 0.4) is 0 Å². The molecule has 0 saturated carbocycles. The maximum atomic E-state index is 10.1. The molecule has 112 valence electrons. The Morgan fingerprint density at radius 2 is 2.25 bits per heavy atom. The van der Waals surface area contributed by atoms with Crippen molar-refractivity contribution >= 4 is 11.6 Å². The molecule has 20 heavy (non-hydrogen) atoms. The van der Waals surface area contributed by atoms with Crippen LogP contribution in [-0.4, -0.2) is 55.7 Å². The Kier molecular flexibility index (Phi) is 5.13. The van der Waals surface area contributed by atoms with Crippen molar-refractivity contribution in [1.29, 1.82) is 0 Å². The summed E-state index contributed by atoms with van der Waals surface area (Å²) in [4.78, 5) is 4.59. The third-order valence-corrected chi connectivity index (χ3v) is 4.06. The van der Waals surface area contributed by atoms with Crippen LogP contribution in [0, 0.1) is 5.92 Å². The van der Waals surface area contributed by atoms with Gasteiger partial charge >= 0.3 is 0 Å². The Bertz CT molecular complexity index is 467. The van der Waals surface area contributed by atoms with Crippen LogP contribution in [0.25, 0.3) is 0 Å².